The minimum Gasteiger partial charge on any atom is -0.449 e. The van der Waals surface area contributed by atoms with Crippen LogP contribution in [0.25, 0.3) is 0 Å². The van der Waals surface area contributed by atoms with E-state index in [0.717, 1.165) is 17.5 Å². The number of ether oxygens (including phenoxy) is 1. The number of hydrogen-bond acceptors (Lipinski definition) is 3. The Balaban J connectivity index is 1.98. The number of rotatable bonds is 5. The molecule has 1 atom stereocenters. The Labute approximate surface area is 142 Å². The van der Waals surface area contributed by atoms with Crippen LogP contribution >= 0.6 is 0 Å². The summed E-state index contributed by atoms with van der Waals surface area (Å²) in [6, 6.07) is 13.1. The highest BCUT2D eigenvalue weighted by Crippen LogP contribution is 2.14. The molecule has 126 valence electrons. The zero-order chi connectivity index (χ0) is 17.7. The van der Waals surface area contributed by atoms with Gasteiger partial charge in [-0.05, 0) is 56.5 Å². The number of benzene rings is 2. The van der Waals surface area contributed by atoms with Crippen LogP contribution < -0.4 is 5.32 Å². The van der Waals surface area contributed by atoms with Gasteiger partial charge in [-0.2, -0.15) is 0 Å². The van der Waals surface area contributed by atoms with Crippen molar-refractivity contribution < 1.29 is 14.3 Å². The van der Waals surface area contributed by atoms with Crippen LogP contribution in [0.1, 0.15) is 40.9 Å². The molecule has 0 bridgehead atoms. The van der Waals surface area contributed by atoms with Crippen molar-refractivity contribution in [2.75, 3.05) is 5.32 Å². The van der Waals surface area contributed by atoms with Crippen LogP contribution in [-0.4, -0.2) is 18.0 Å². The first kappa shape index (κ1) is 17.7. The standard InChI is InChI=1S/C20H23NO3/c1-5-16-7-9-17(10-8-16)21-19(22)15(4)24-20(23)18-11-6-13(2)12-14(18)3/h6-12,15H,5H2,1-4H3,(H,21,22)/t15-/m1/s1. The van der Waals surface area contributed by atoms with Crippen LogP contribution in [0.5, 0.6) is 0 Å². The smallest absolute Gasteiger partial charge is 0.339 e. The zero-order valence-corrected chi connectivity index (χ0v) is 14.6. The summed E-state index contributed by atoms with van der Waals surface area (Å²) in [5, 5.41) is 2.76. The van der Waals surface area contributed by atoms with Crippen molar-refractivity contribution in [2.45, 2.75) is 40.2 Å². The van der Waals surface area contributed by atoms with Crippen molar-refractivity contribution in [1.29, 1.82) is 0 Å². The maximum atomic E-state index is 12.2. The van der Waals surface area contributed by atoms with Gasteiger partial charge in [-0.1, -0.05) is 36.8 Å². The first-order chi connectivity index (χ1) is 11.4. The van der Waals surface area contributed by atoms with Gasteiger partial charge in [0.05, 0.1) is 5.56 Å². The van der Waals surface area contributed by atoms with Gasteiger partial charge in [-0.25, -0.2) is 4.79 Å². The number of esters is 1. The van der Waals surface area contributed by atoms with Gasteiger partial charge in [0.1, 0.15) is 0 Å². The number of aryl methyl sites for hydroxylation is 3. The Morgan fingerprint density at radius 3 is 2.33 bits per heavy atom. The average Bonchev–Trinajstić information content (AvgIpc) is 2.55. The molecule has 2 aromatic carbocycles. The van der Waals surface area contributed by atoms with Crippen molar-refractivity contribution in [1.82, 2.24) is 0 Å². The fourth-order valence-electron chi connectivity index (χ4n) is 2.39. The van der Waals surface area contributed by atoms with Crippen LogP contribution in [-0.2, 0) is 16.0 Å². The molecular formula is C20H23NO3. The monoisotopic (exact) mass is 325 g/mol. The van der Waals surface area contributed by atoms with Gasteiger partial charge in [-0.15, -0.1) is 0 Å². The Hall–Kier alpha value is -2.62. The van der Waals surface area contributed by atoms with Crippen LogP contribution in [0, 0.1) is 13.8 Å². The van der Waals surface area contributed by atoms with Crippen molar-refractivity contribution in [3.8, 4) is 0 Å². The molecule has 0 unspecified atom stereocenters. The molecule has 0 aliphatic carbocycles. The number of hydrogen-bond donors (Lipinski definition) is 1. The van der Waals surface area contributed by atoms with Crippen LogP contribution in [0.3, 0.4) is 0 Å². The van der Waals surface area contributed by atoms with Gasteiger partial charge in [0.25, 0.3) is 5.91 Å². The lowest BCUT2D eigenvalue weighted by atomic mass is 10.1. The first-order valence-corrected chi connectivity index (χ1v) is 8.08. The zero-order valence-electron chi connectivity index (χ0n) is 14.6. The third kappa shape index (κ3) is 4.44. The highest BCUT2D eigenvalue weighted by molar-refractivity contribution is 5.97. The molecule has 24 heavy (non-hydrogen) atoms. The van der Waals surface area contributed by atoms with E-state index in [4.69, 9.17) is 4.74 Å². The molecule has 0 heterocycles. The van der Waals surface area contributed by atoms with E-state index in [9.17, 15) is 9.59 Å². The van der Waals surface area contributed by atoms with Crippen molar-refractivity contribution in [3.05, 3.63) is 64.7 Å². The Morgan fingerprint density at radius 1 is 1.08 bits per heavy atom. The van der Waals surface area contributed by atoms with Crippen molar-refractivity contribution in [3.63, 3.8) is 0 Å². The summed E-state index contributed by atoms with van der Waals surface area (Å²) in [7, 11) is 0. The highest BCUT2D eigenvalue weighted by atomic mass is 16.5. The summed E-state index contributed by atoms with van der Waals surface area (Å²) < 4.78 is 5.29. The first-order valence-electron chi connectivity index (χ1n) is 8.08. The quantitative estimate of drug-likeness (QED) is 0.844. The summed E-state index contributed by atoms with van der Waals surface area (Å²) in [6.07, 6.45) is 0.0714. The summed E-state index contributed by atoms with van der Waals surface area (Å²) in [5.74, 6) is -0.839. The number of carbonyl (C=O) groups excluding carboxylic acids is 2. The van der Waals surface area contributed by atoms with E-state index in [0.29, 0.717) is 11.3 Å². The van der Waals surface area contributed by atoms with Gasteiger partial charge in [0, 0.05) is 5.69 Å². The second kappa shape index (κ2) is 7.77. The number of anilines is 1. The van der Waals surface area contributed by atoms with Crippen LogP contribution in [0.4, 0.5) is 5.69 Å². The molecule has 0 radical (unpaired) electrons. The minimum absolute atomic E-state index is 0.350. The lowest BCUT2D eigenvalue weighted by Gasteiger charge is -2.15. The van der Waals surface area contributed by atoms with Gasteiger partial charge in [0.15, 0.2) is 6.10 Å². The van der Waals surface area contributed by atoms with E-state index in [1.54, 1.807) is 13.0 Å². The topological polar surface area (TPSA) is 55.4 Å². The molecule has 0 aliphatic heterocycles. The summed E-state index contributed by atoms with van der Waals surface area (Å²) in [6.45, 7) is 7.45. The van der Waals surface area contributed by atoms with E-state index in [1.807, 2.05) is 50.2 Å². The molecule has 0 aromatic heterocycles. The van der Waals surface area contributed by atoms with Gasteiger partial charge in [0.2, 0.25) is 0 Å². The summed E-state index contributed by atoms with van der Waals surface area (Å²) in [4.78, 5) is 24.4. The molecular weight excluding hydrogens is 302 g/mol. The lowest BCUT2D eigenvalue weighted by molar-refractivity contribution is -0.123. The molecule has 2 rings (SSSR count). The molecule has 0 spiro atoms. The molecule has 1 N–H and O–H groups in total. The molecule has 1 amide bonds. The second-order valence-electron chi connectivity index (χ2n) is 5.91. The SMILES string of the molecule is CCc1ccc(NC(=O)[C@@H](C)OC(=O)c2ccc(C)cc2C)cc1. The summed E-state index contributed by atoms with van der Waals surface area (Å²) >= 11 is 0. The average molecular weight is 325 g/mol. The number of amides is 1. The normalized spacial score (nSPS) is 11.7. The van der Waals surface area contributed by atoms with E-state index in [-0.39, 0.29) is 5.91 Å². The minimum atomic E-state index is -0.871. The fraction of sp³-hybridized carbons (Fsp3) is 0.300. The van der Waals surface area contributed by atoms with Crippen molar-refractivity contribution in [2.24, 2.45) is 0 Å². The van der Waals surface area contributed by atoms with Crippen LogP contribution in [0.2, 0.25) is 0 Å². The largest absolute Gasteiger partial charge is 0.449 e. The molecule has 4 heteroatoms. The van der Waals surface area contributed by atoms with Crippen LogP contribution in [0.15, 0.2) is 42.5 Å². The van der Waals surface area contributed by atoms with E-state index in [1.165, 1.54) is 5.56 Å². The van der Waals surface area contributed by atoms with Gasteiger partial charge in [-0.3, -0.25) is 4.79 Å². The Morgan fingerprint density at radius 2 is 1.75 bits per heavy atom. The molecule has 0 fully saturated rings. The highest BCUT2D eigenvalue weighted by Gasteiger charge is 2.20. The van der Waals surface area contributed by atoms with E-state index < -0.39 is 12.1 Å². The van der Waals surface area contributed by atoms with Gasteiger partial charge >= 0.3 is 5.97 Å². The second-order valence-corrected chi connectivity index (χ2v) is 5.91. The summed E-state index contributed by atoms with van der Waals surface area (Å²) in [5.41, 5.74) is 4.27. The molecule has 2 aromatic rings. The Bertz CT molecular complexity index is 735. The Kier molecular flexibility index (Phi) is 5.74. The third-order valence-electron chi connectivity index (χ3n) is 3.88. The maximum absolute atomic E-state index is 12.2. The van der Waals surface area contributed by atoms with Gasteiger partial charge < -0.3 is 10.1 Å². The maximum Gasteiger partial charge on any atom is 0.339 e. The molecule has 4 nitrogen and oxygen atoms in total. The van der Waals surface area contributed by atoms with Crippen molar-refractivity contribution >= 4 is 17.6 Å². The number of nitrogens with one attached hydrogen (secondary N) is 1. The predicted molar refractivity (Wildman–Crippen MR) is 95.2 cm³/mol. The molecule has 0 aliphatic rings. The van der Waals surface area contributed by atoms with E-state index >= 15 is 0 Å². The number of carbonyl (C=O) groups is 2. The fourth-order valence-corrected chi connectivity index (χ4v) is 2.39. The predicted octanol–water partition coefficient (Wildman–Crippen LogP) is 4.05. The third-order valence-corrected chi connectivity index (χ3v) is 3.88. The lowest BCUT2D eigenvalue weighted by Crippen LogP contribution is -2.30. The molecule has 0 saturated heterocycles. The van der Waals surface area contributed by atoms with E-state index in [2.05, 4.69) is 12.2 Å². The molecule has 0 saturated carbocycles.